The fourth-order valence-electron chi connectivity index (χ4n) is 2.75. The van der Waals surface area contributed by atoms with E-state index in [-0.39, 0.29) is 12.5 Å². The van der Waals surface area contributed by atoms with Crippen LogP contribution < -0.4 is 10.1 Å². The van der Waals surface area contributed by atoms with Crippen molar-refractivity contribution in [3.05, 3.63) is 71.4 Å². The first kappa shape index (κ1) is 18.0. The van der Waals surface area contributed by atoms with Gasteiger partial charge in [0.1, 0.15) is 5.75 Å². The predicted molar refractivity (Wildman–Crippen MR) is 108 cm³/mol. The minimum Gasteiger partial charge on any atom is -0.484 e. The number of nitrogens with zero attached hydrogens (tertiary/aromatic N) is 2. The van der Waals surface area contributed by atoms with Crippen molar-refractivity contribution in [1.29, 1.82) is 0 Å². The topological polar surface area (TPSA) is 77.2 Å². The second kappa shape index (κ2) is 7.70. The summed E-state index contributed by atoms with van der Waals surface area (Å²) in [6.07, 6.45) is 1.67. The number of rotatable bonds is 5. The smallest absolute Gasteiger partial charge is 0.262 e. The van der Waals surface area contributed by atoms with E-state index >= 15 is 0 Å². The van der Waals surface area contributed by atoms with Gasteiger partial charge < -0.3 is 14.5 Å². The molecule has 7 heteroatoms. The molecule has 0 atom stereocenters. The third kappa shape index (κ3) is 3.82. The fraction of sp³-hybridized carbons (Fsp3) is 0.0952. The third-order valence-corrected chi connectivity index (χ3v) is 4.44. The van der Waals surface area contributed by atoms with Crippen molar-refractivity contribution in [2.75, 3.05) is 11.9 Å². The molecule has 0 spiro atoms. The first-order valence-corrected chi connectivity index (χ1v) is 8.98. The van der Waals surface area contributed by atoms with Gasteiger partial charge in [-0.25, -0.2) is 4.98 Å². The number of hydrogen-bond donors (Lipinski definition) is 1. The zero-order chi connectivity index (χ0) is 19.5. The highest BCUT2D eigenvalue weighted by atomic mass is 35.5. The summed E-state index contributed by atoms with van der Waals surface area (Å²) >= 11 is 5.84. The van der Waals surface area contributed by atoms with Gasteiger partial charge in [0.15, 0.2) is 17.8 Å². The summed E-state index contributed by atoms with van der Waals surface area (Å²) in [5.41, 5.74) is 3.45. The summed E-state index contributed by atoms with van der Waals surface area (Å²) in [6.45, 7) is 1.78. The molecule has 0 saturated carbocycles. The van der Waals surface area contributed by atoms with Crippen LogP contribution in [-0.2, 0) is 4.79 Å². The van der Waals surface area contributed by atoms with Crippen molar-refractivity contribution in [2.24, 2.45) is 0 Å². The molecule has 28 heavy (non-hydrogen) atoms. The second-order valence-electron chi connectivity index (χ2n) is 6.11. The highest BCUT2D eigenvalue weighted by molar-refractivity contribution is 6.30. The molecule has 0 fully saturated rings. The zero-order valence-corrected chi connectivity index (χ0v) is 15.7. The number of oxazole rings is 1. The number of halogens is 1. The Bertz CT molecular complexity index is 1110. The van der Waals surface area contributed by atoms with E-state index in [1.165, 1.54) is 0 Å². The Balaban J connectivity index is 1.50. The molecule has 0 aliphatic carbocycles. The molecule has 2 aromatic heterocycles. The lowest BCUT2D eigenvalue weighted by atomic mass is 10.1. The molecule has 1 amide bonds. The number of nitrogens with one attached hydrogen (secondary N) is 1. The van der Waals surface area contributed by atoms with Crippen LogP contribution >= 0.6 is 11.6 Å². The Morgan fingerprint density at radius 3 is 2.75 bits per heavy atom. The van der Waals surface area contributed by atoms with E-state index in [9.17, 15) is 4.79 Å². The van der Waals surface area contributed by atoms with Crippen LogP contribution in [0.1, 0.15) is 5.56 Å². The maximum Gasteiger partial charge on any atom is 0.262 e. The van der Waals surface area contributed by atoms with Gasteiger partial charge in [0.05, 0.1) is 0 Å². The Morgan fingerprint density at radius 2 is 1.96 bits per heavy atom. The van der Waals surface area contributed by atoms with Gasteiger partial charge >= 0.3 is 0 Å². The Kier molecular flexibility index (Phi) is 4.95. The van der Waals surface area contributed by atoms with Crippen LogP contribution in [0.25, 0.3) is 22.7 Å². The van der Waals surface area contributed by atoms with Gasteiger partial charge in [-0.05, 0) is 61.0 Å². The van der Waals surface area contributed by atoms with Crippen LogP contribution in [-0.4, -0.2) is 22.5 Å². The number of carbonyl (C=O) groups is 1. The lowest BCUT2D eigenvalue weighted by Crippen LogP contribution is -2.20. The lowest BCUT2D eigenvalue weighted by Gasteiger charge is -2.11. The molecule has 0 radical (unpaired) electrons. The molecule has 1 N–H and O–H groups in total. The second-order valence-corrected chi connectivity index (χ2v) is 6.55. The van der Waals surface area contributed by atoms with Crippen molar-refractivity contribution in [3.63, 3.8) is 0 Å². The van der Waals surface area contributed by atoms with Gasteiger partial charge in [0.2, 0.25) is 5.89 Å². The molecule has 140 valence electrons. The van der Waals surface area contributed by atoms with Crippen LogP contribution in [0.4, 0.5) is 5.69 Å². The fourth-order valence-corrected chi connectivity index (χ4v) is 2.88. The number of carbonyl (C=O) groups excluding carboxylic acids is 1. The molecule has 0 saturated heterocycles. The normalized spacial score (nSPS) is 10.8. The molecular weight excluding hydrogens is 378 g/mol. The van der Waals surface area contributed by atoms with E-state index in [1.54, 1.807) is 36.5 Å². The monoisotopic (exact) mass is 393 g/mol. The van der Waals surface area contributed by atoms with Crippen molar-refractivity contribution >= 4 is 34.4 Å². The van der Waals surface area contributed by atoms with Crippen molar-refractivity contribution in [2.45, 2.75) is 6.92 Å². The van der Waals surface area contributed by atoms with Crippen molar-refractivity contribution in [1.82, 2.24) is 9.97 Å². The SMILES string of the molecule is Cc1c(NC(=O)COc2ccc(Cl)cc2)cccc1-c1nc2ncccc2o1. The Hall–Kier alpha value is -3.38. The average Bonchev–Trinajstić information content (AvgIpc) is 3.13. The van der Waals surface area contributed by atoms with Gasteiger partial charge in [-0.3, -0.25) is 4.79 Å². The summed E-state index contributed by atoms with van der Waals surface area (Å²) in [6, 6.07) is 16.0. The Labute approximate surface area is 166 Å². The van der Waals surface area contributed by atoms with Gasteiger partial charge in [-0.1, -0.05) is 17.7 Å². The molecule has 0 aliphatic rings. The molecule has 4 rings (SSSR count). The van der Waals surface area contributed by atoms with Gasteiger partial charge in [-0.2, -0.15) is 4.98 Å². The number of ether oxygens (including phenoxy) is 1. The van der Waals surface area contributed by atoms with Crippen LogP contribution in [0.5, 0.6) is 5.75 Å². The van der Waals surface area contributed by atoms with Crippen LogP contribution in [0.3, 0.4) is 0 Å². The molecule has 0 aliphatic heterocycles. The highest BCUT2D eigenvalue weighted by Gasteiger charge is 2.14. The summed E-state index contributed by atoms with van der Waals surface area (Å²) in [4.78, 5) is 20.9. The molecule has 2 aromatic carbocycles. The molecule has 0 unspecified atom stereocenters. The lowest BCUT2D eigenvalue weighted by molar-refractivity contribution is -0.118. The number of pyridine rings is 1. The largest absolute Gasteiger partial charge is 0.484 e. The molecule has 0 bridgehead atoms. The average molecular weight is 394 g/mol. The summed E-state index contributed by atoms with van der Waals surface area (Å²) < 4.78 is 11.3. The molecule has 2 heterocycles. The first-order chi connectivity index (χ1) is 13.6. The number of benzene rings is 2. The quantitative estimate of drug-likeness (QED) is 0.523. The standard InChI is InChI=1S/C21H16ClN3O3/c1-13-16(21-25-20-18(28-21)6-3-11-23-20)4-2-5-17(13)24-19(26)12-27-15-9-7-14(22)8-10-15/h2-11H,12H2,1H3,(H,24,26). The van der Waals surface area contributed by atoms with E-state index in [2.05, 4.69) is 15.3 Å². The number of hydrogen-bond acceptors (Lipinski definition) is 5. The Morgan fingerprint density at radius 1 is 1.14 bits per heavy atom. The van der Waals surface area contributed by atoms with Gasteiger partial charge in [0, 0.05) is 22.5 Å². The third-order valence-electron chi connectivity index (χ3n) is 4.19. The van der Waals surface area contributed by atoms with E-state index in [4.69, 9.17) is 20.8 Å². The highest BCUT2D eigenvalue weighted by Crippen LogP contribution is 2.30. The number of fused-ring (bicyclic) bond motifs is 1. The van der Waals surface area contributed by atoms with Crippen LogP contribution in [0, 0.1) is 6.92 Å². The first-order valence-electron chi connectivity index (χ1n) is 8.60. The number of amides is 1. The van der Waals surface area contributed by atoms with Crippen molar-refractivity contribution in [3.8, 4) is 17.2 Å². The maximum absolute atomic E-state index is 12.3. The summed E-state index contributed by atoms with van der Waals surface area (Å²) in [5, 5.41) is 3.47. The minimum atomic E-state index is -0.269. The molecular formula is C21H16ClN3O3. The van der Waals surface area contributed by atoms with E-state index in [0.717, 1.165) is 11.1 Å². The minimum absolute atomic E-state index is 0.113. The van der Waals surface area contributed by atoms with E-state index in [0.29, 0.717) is 33.6 Å². The number of anilines is 1. The zero-order valence-electron chi connectivity index (χ0n) is 15.0. The van der Waals surface area contributed by atoms with Crippen LogP contribution in [0.2, 0.25) is 5.02 Å². The molecule has 4 aromatic rings. The maximum atomic E-state index is 12.3. The van der Waals surface area contributed by atoms with Gasteiger partial charge in [-0.15, -0.1) is 0 Å². The summed E-state index contributed by atoms with van der Waals surface area (Å²) in [5.74, 6) is 0.762. The predicted octanol–water partition coefficient (Wildman–Crippen LogP) is 4.87. The molecule has 6 nitrogen and oxygen atoms in total. The summed E-state index contributed by atoms with van der Waals surface area (Å²) in [7, 11) is 0. The van der Waals surface area contributed by atoms with E-state index in [1.807, 2.05) is 31.2 Å². The van der Waals surface area contributed by atoms with Crippen LogP contribution in [0.15, 0.2) is 65.2 Å². The number of aromatic nitrogens is 2. The van der Waals surface area contributed by atoms with Gasteiger partial charge in [0.25, 0.3) is 5.91 Å². The van der Waals surface area contributed by atoms with Crippen molar-refractivity contribution < 1.29 is 13.9 Å². The van der Waals surface area contributed by atoms with E-state index < -0.39 is 0 Å².